The summed E-state index contributed by atoms with van der Waals surface area (Å²) in [6.45, 7) is 27.0. The van der Waals surface area contributed by atoms with Gasteiger partial charge in [0.25, 0.3) is 0 Å². The number of hydrogen-bond acceptors (Lipinski definition) is 29. The van der Waals surface area contributed by atoms with Gasteiger partial charge in [-0.1, -0.05) is 163 Å². The van der Waals surface area contributed by atoms with Crippen LogP contribution in [0.4, 0.5) is 14.4 Å². The molecule has 0 radical (unpaired) electrons. The Morgan fingerprint density at radius 3 is 1.09 bits per heavy atom. The van der Waals surface area contributed by atoms with Crippen LogP contribution < -0.4 is 14.8 Å². The zero-order valence-corrected chi connectivity index (χ0v) is 88.0. The first kappa shape index (κ1) is 119. The number of carbonyl (C=O) groups excluding carboxylic acids is 8. The van der Waals surface area contributed by atoms with Crippen molar-refractivity contribution in [1.82, 2.24) is 48.8 Å². The Hall–Kier alpha value is -13.9. The molecule has 2 aliphatic rings. The fraction of sp³-hybridized carbons (Fsp3) is 0.432. The molecule has 0 unspecified atom stereocenters. The van der Waals surface area contributed by atoms with Crippen LogP contribution in [0.2, 0.25) is 0 Å². The number of carbonyl (C=O) groups is 11. The molecule has 3 amide bonds. The van der Waals surface area contributed by atoms with E-state index in [-0.39, 0.29) is 133 Å². The number of Topliss-reactive ketones (excluding diaryl/α,β-unsaturated/α-hetero) is 4. The van der Waals surface area contributed by atoms with E-state index in [9.17, 15) is 52.7 Å². The predicted octanol–water partition coefficient (Wildman–Crippen LogP) is 16.2. The van der Waals surface area contributed by atoms with Gasteiger partial charge in [-0.15, -0.1) is 0 Å². The summed E-state index contributed by atoms with van der Waals surface area (Å²) in [5.74, 6) is -1.77. The molecule has 0 saturated heterocycles. The summed E-state index contributed by atoms with van der Waals surface area (Å²) >= 11 is 4.86. The normalized spacial score (nSPS) is 12.8. The van der Waals surface area contributed by atoms with Crippen LogP contribution >= 0.6 is 11.6 Å². The van der Waals surface area contributed by atoms with Crippen molar-refractivity contribution in [2.75, 3.05) is 166 Å². The summed E-state index contributed by atoms with van der Waals surface area (Å²) in [7, 11) is 3.46. The highest BCUT2D eigenvalue weighted by molar-refractivity contribution is 6.61. The summed E-state index contributed by atoms with van der Waals surface area (Å²) in [5.41, 5.74) is 9.27. The fourth-order valence-electron chi connectivity index (χ4n) is 16.0. The molecule has 37 nitrogen and oxygen atoms in total. The Kier molecular flexibility index (Phi) is 48.2. The number of carboxylic acid groups (broad SMARTS) is 3. The van der Waals surface area contributed by atoms with E-state index in [1.165, 1.54) is 9.80 Å². The first-order chi connectivity index (χ1) is 71.4. The van der Waals surface area contributed by atoms with Crippen molar-refractivity contribution in [1.29, 1.82) is 0 Å². The Labute approximate surface area is 872 Å². The van der Waals surface area contributed by atoms with Crippen molar-refractivity contribution in [2.24, 2.45) is 16.7 Å². The molecule has 12 rings (SSSR count). The van der Waals surface area contributed by atoms with Gasteiger partial charge in [-0.25, -0.2) is 34.3 Å². The summed E-state index contributed by atoms with van der Waals surface area (Å²) in [5, 5.41) is 29.3. The van der Waals surface area contributed by atoms with E-state index in [1.807, 2.05) is 165 Å². The number of fused-ring (bicyclic) bond motifs is 2. The van der Waals surface area contributed by atoms with E-state index in [0.29, 0.717) is 207 Å². The second kappa shape index (κ2) is 60.6. The van der Waals surface area contributed by atoms with Crippen molar-refractivity contribution in [3.8, 4) is 34.3 Å². The van der Waals surface area contributed by atoms with Crippen LogP contribution in [0.1, 0.15) is 154 Å². The number of carboxylic acids is 3. The van der Waals surface area contributed by atoms with Gasteiger partial charge in [0.1, 0.15) is 22.9 Å². The van der Waals surface area contributed by atoms with Crippen molar-refractivity contribution >= 4 is 87.5 Å². The molecule has 0 bridgehead atoms. The molecule has 149 heavy (non-hydrogen) atoms. The highest BCUT2D eigenvalue weighted by Crippen LogP contribution is 2.42. The molecule has 10 aromatic rings. The molecule has 6 heterocycles. The lowest BCUT2D eigenvalue weighted by Gasteiger charge is -2.33. The van der Waals surface area contributed by atoms with Gasteiger partial charge in [0.05, 0.1) is 180 Å². The average molecular weight is 2080 g/mol. The quantitative estimate of drug-likeness (QED) is 0.0156. The monoisotopic (exact) mass is 2080 g/mol. The molecule has 0 atom stereocenters. The number of nitrogens with zero attached hydrogens (tertiary/aromatic N) is 9. The van der Waals surface area contributed by atoms with Crippen LogP contribution in [-0.4, -0.2) is 289 Å². The fourth-order valence-corrected chi connectivity index (χ4v) is 16.1. The van der Waals surface area contributed by atoms with Gasteiger partial charge in [0.15, 0.2) is 34.4 Å². The van der Waals surface area contributed by atoms with Gasteiger partial charge in [0, 0.05) is 156 Å². The predicted molar refractivity (Wildman–Crippen MR) is 555 cm³/mol. The van der Waals surface area contributed by atoms with Crippen LogP contribution in [-0.2, 0) is 107 Å². The lowest BCUT2D eigenvalue weighted by Crippen LogP contribution is -2.43. The number of amides is 3. The van der Waals surface area contributed by atoms with Crippen LogP contribution in [0.15, 0.2) is 224 Å². The highest BCUT2D eigenvalue weighted by atomic mass is 35.5. The third-order valence-electron chi connectivity index (χ3n) is 24.1. The van der Waals surface area contributed by atoms with E-state index >= 15 is 0 Å². The van der Waals surface area contributed by atoms with Crippen molar-refractivity contribution < 1.29 is 129 Å². The number of imidazole rings is 2. The number of likely N-dealkylation sites (N-methyl/N-ethyl adjacent to an activating group) is 2. The van der Waals surface area contributed by atoms with Gasteiger partial charge in [0.2, 0.25) is 17.7 Å². The zero-order chi connectivity index (χ0) is 108. The molecule has 38 heteroatoms. The Balaban J connectivity index is 0.000000272. The summed E-state index contributed by atoms with van der Waals surface area (Å²) in [6.07, 6.45) is 6.79. The summed E-state index contributed by atoms with van der Waals surface area (Å²) in [6, 6.07) is 46.9. The number of benzene rings is 4. The van der Waals surface area contributed by atoms with Crippen LogP contribution in [0.5, 0.6) is 11.8 Å². The number of hydrogen-bond donors (Lipinski definition) is 4. The molecular formula is C111H137ClN10O27. The maximum Gasteiger partial charge on any atom is 0.416 e. The van der Waals surface area contributed by atoms with E-state index in [1.54, 1.807) is 104 Å². The minimum atomic E-state index is -0.982. The van der Waals surface area contributed by atoms with Crippen molar-refractivity contribution in [2.45, 2.75) is 134 Å². The molecule has 2 aliphatic carbocycles. The molecular weight excluding hydrogens is 1940 g/mol. The topological polar surface area (TPSA) is 458 Å². The van der Waals surface area contributed by atoms with Crippen LogP contribution in [0.25, 0.3) is 33.8 Å². The molecule has 0 fully saturated rings. The highest BCUT2D eigenvalue weighted by Gasteiger charge is 2.41. The summed E-state index contributed by atoms with van der Waals surface area (Å²) in [4.78, 5) is 160. The van der Waals surface area contributed by atoms with Gasteiger partial charge in [-0.05, 0) is 89.9 Å². The number of aliphatic carboxylic acids is 3. The Bertz CT molecular complexity index is 6230. The summed E-state index contributed by atoms with van der Waals surface area (Å²) < 4.78 is 76.2. The number of rotatable bonds is 56. The molecule has 4 N–H and O–H groups in total. The number of furan rings is 2. The average Bonchev–Trinajstić information content (AvgIpc) is 1.56. The Morgan fingerprint density at radius 1 is 0.409 bits per heavy atom. The first-order valence-electron chi connectivity index (χ1n) is 49.3. The maximum absolute atomic E-state index is 14.6. The molecule has 6 aromatic heterocycles. The standard InChI is InChI=1S/C53H63N5O12.C39H47N5O9.C14H18O4.C5H9ClO2/c1-36-37(2)49(63)47(38(3)48(36)62)53(4,5)34-45(59)56(6)20-21-57(22-25-66-27-29-68-31-30-67-28-26-65-24-19-46(60)61)52(64)70-51-43(33-41-18-13-23-69-41)55-50-42(32-39-14-9-7-10-15-39)54-44(35-58(50)51)40-16-11-8-12-17-40;1-40-15-16-43(17-20-49-22-24-51-26-25-50-23-21-48-19-14-36(45)46)39(47)53-38-34(28-32-13-8-18-52-32)42-37-33(27-30-9-4-2-5-10-30)41-35(29-44(37)38)31-11-6-3-7-12-31;1-7-8(2)13(18)11(9(3)12(7)17)14(4,5)6-10(15)16;1-4(2)3-8-5(6)7/h7-18,23,35H,19-22,24-34H2,1-6H3,(H,60,61);2-13,18,29,40H,14-17,19-28H2,1H3,(H,45,46);6H2,1-5H3,(H,15,16);4H,3H2,1-2H3. The van der Waals surface area contributed by atoms with Crippen LogP contribution in [0.3, 0.4) is 0 Å². The number of ether oxygens (including phenoxy) is 11. The second-order valence-electron chi connectivity index (χ2n) is 36.9. The smallest absolute Gasteiger partial charge is 0.416 e. The Morgan fingerprint density at radius 2 is 0.758 bits per heavy atom. The molecule has 4 aromatic carbocycles. The van der Waals surface area contributed by atoms with E-state index < -0.39 is 46.4 Å². The zero-order valence-electron chi connectivity index (χ0n) is 87.2. The van der Waals surface area contributed by atoms with Gasteiger partial charge in [-0.2, -0.15) is 0 Å². The lowest BCUT2D eigenvalue weighted by molar-refractivity contribution is -0.139. The minimum absolute atomic E-state index is 0.0307. The number of halogens is 1. The number of aromatic nitrogens is 6. The maximum atomic E-state index is 14.6. The number of ketones is 4. The molecule has 800 valence electrons. The lowest BCUT2D eigenvalue weighted by atomic mass is 9.71. The third kappa shape index (κ3) is 37.4. The number of allylic oxidation sites excluding steroid dienone is 8. The van der Waals surface area contributed by atoms with Crippen molar-refractivity contribution in [3.05, 3.63) is 261 Å². The van der Waals surface area contributed by atoms with Gasteiger partial charge in [-0.3, -0.25) is 47.2 Å². The second-order valence-corrected chi connectivity index (χ2v) is 37.2. The van der Waals surface area contributed by atoms with Gasteiger partial charge >= 0.3 is 35.5 Å². The van der Waals surface area contributed by atoms with Crippen molar-refractivity contribution in [3.63, 3.8) is 0 Å². The number of nitrogens with one attached hydrogen (secondary N) is 1. The van der Waals surface area contributed by atoms with Crippen LogP contribution in [0, 0.1) is 16.7 Å². The van der Waals surface area contributed by atoms with E-state index in [2.05, 4.69) is 22.2 Å². The first-order valence-corrected chi connectivity index (χ1v) is 49.7. The largest absolute Gasteiger partial charge is 0.481 e. The van der Waals surface area contributed by atoms with E-state index in [4.69, 9.17) is 103 Å². The molecule has 0 spiro atoms. The van der Waals surface area contributed by atoms with Gasteiger partial charge < -0.3 is 96.3 Å². The minimum Gasteiger partial charge on any atom is -0.481 e. The molecule has 0 aliphatic heterocycles. The SMILES string of the molecule is CC(C)COC(=O)Cl.CC1=C(C)C(=O)C(C(C)(C)CC(=O)N(C)CCN(CCOCCOCCOCCOCCC(=O)O)C(=O)Oc2c(Cc3ccco3)nc3c(Cc4ccccc4)nc(-c4ccccc4)cn23)=C(C)C1=O.CC1=C(C)C(=O)C(C(C)(C)CC(=O)O)=C(C)C1=O.CNCCN(CCOCCOCCOCCOCCC(=O)O)C(=O)Oc1c(Cc2ccco2)nc2c(Cc3ccccc3)nc(-c3ccccc3)cn12. The molecule has 0 saturated carbocycles. The third-order valence-corrected chi connectivity index (χ3v) is 24.2. The van der Waals surface area contributed by atoms with E-state index in [0.717, 1.165) is 33.6 Å².